The van der Waals surface area contributed by atoms with E-state index in [1.165, 1.54) is 0 Å². The van der Waals surface area contributed by atoms with Crippen LogP contribution in [-0.2, 0) is 6.54 Å². The van der Waals surface area contributed by atoms with Gasteiger partial charge in [0.05, 0.1) is 7.11 Å². The van der Waals surface area contributed by atoms with Crippen LogP contribution in [0, 0.1) is 0 Å². The van der Waals surface area contributed by atoms with Gasteiger partial charge in [-0.1, -0.05) is 6.07 Å². The Labute approximate surface area is 116 Å². The molecule has 1 aliphatic carbocycles. The van der Waals surface area contributed by atoms with Gasteiger partial charge in [0.15, 0.2) is 5.82 Å². The highest BCUT2D eigenvalue weighted by Gasteiger charge is 2.25. The molecule has 6 heteroatoms. The molecule has 2 aromatic heterocycles. The molecule has 0 radical (unpaired) electrons. The number of hydrogen-bond donors (Lipinski definition) is 1. The van der Waals surface area contributed by atoms with E-state index in [1.807, 2.05) is 6.07 Å². The third-order valence-electron chi connectivity index (χ3n) is 3.27. The summed E-state index contributed by atoms with van der Waals surface area (Å²) in [7, 11) is 1.58. The number of nitrogens with one attached hydrogen (secondary N) is 1. The van der Waals surface area contributed by atoms with E-state index in [0.717, 1.165) is 18.4 Å². The number of hydrogen-bond acceptors (Lipinski definition) is 5. The molecule has 2 aromatic rings. The van der Waals surface area contributed by atoms with Crippen molar-refractivity contribution < 1.29 is 4.74 Å². The van der Waals surface area contributed by atoms with E-state index < -0.39 is 0 Å². The molecular weight excluding hydrogens is 256 g/mol. The van der Waals surface area contributed by atoms with E-state index >= 15 is 0 Å². The van der Waals surface area contributed by atoms with Crippen molar-refractivity contribution in [1.82, 2.24) is 14.5 Å². The predicted octanol–water partition coefficient (Wildman–Crippen LogP) is 1.59. The Kier molecular flexibility index (Phi) is 3.37. The number of pyridine rings is 1. The van der Waals surface area contributed by atoms with Crippen LogP contribution < -0.4 is 15.6 Å². The Morgan fingerprint density at radius 3 is 2.90 bits per heavy atom. The number of rotatable bonds is 5. The van der Waals surface area contributed by atoms with Crippen molar-refractivity contribution in [2.24, 2.45) is 0 Å². The molecule has 0 spiro atoms. The van der Waals surface area contributed by atoms with E-state index in [9.17, 15) is 4.79 Å². The number of aromatic nitrogens is 3. The maximum Gasteiger partial charge on any atom is 0.293 e. The third-order valence-corrected chi connectivity index (χ3v) is 3.27. The van der Waals surface area contributed by atoms with Gasteiger partial charge in [-0.25, -0.2) is 9.97 Å². The molecule has 1 fully saturated rings. The summed E-state index contributed by atoms with van der Waals surface area (Å²) in [6, 6.07) is 4.05. The molecule has 1 N–H and O–H groups in total. The van der Waals surface area contributed by atoms with E-state index in [2.05, 4.69) is 15.3 Å². The van der Waals surface area contributed by atoms with E-state index in [1.54, 1.807) is 36.3 Å². The summed E-state index contributed by atoms with van der Waals surface area (Å²) < 4.78 is 6.75. The van der Waals surface area contributed by atoms with Crippen LogP contribution in [0.2, 0.25) is 0 Å². The lowest BCUT2D eigenvalue weighted by Gasteiger charge is -2.08. The Balaban J connectivity index is 1.71. The van der Waals surface area contributed by atoms with Crippen LogP contribution in [0.1, 0.15) is 24.4 Å². The first-order valence-corrected chi connectivity index (χ1v) is 6.58. The summed E-state index contributed by atoms with van der Waals surface area (Å²) >= 11 is 0. The fraction of sp³-hybridized carbons (Fsp3) is 0.357. The van der Waals surface area contributed by atoms with Crippen molar-refractivity contribution in [1.29, 1.82) is 0 Å². The molecule has 6 nitrogen and oxygen atoms in total. The van der Waals surface area contributed by atoms with E-state index in [4.69, 9.17) is 4.74 Å². The maximum atomic E-state index is 12.2. The minimum atomic E-state index is -0.0588. The molecule has 104 valence electrons. The Bertz CT molecular complexity index is 647. The van der Waals surface area contributed by atoms with Gasteiger partial charge in [0.1, 0.15) is 0 Å². The summed E-state index contributed by atoms with van der Waals surface area (Å²) in [5.41, 5.74) is 0.908. The molecule has 3 rings (SSSR count). The van der Waals surface area contributed by atoms with Crippen LogP contribution in [0.25, 0.3) is 0 Å². The highest BCUT2D eigenvalue weighted by Crippen LogP contribution is 2.33. The number of methoxy groups -OCH3 is 1. The zero-order valence-corrected chi connectivity index (χ0v) is 11.2. The fourth-order valence-corrected chi connectivity index (χ4v) is 2.01. The molecule has 1 aliphatic rings. The minimum absolute atomic E-state index is 0.0588. The second-order valence-corrected chi connectivity index (χ2v) is 4.78. The topological polar surface area (TPSA) is 69.0 Å². The average Bonchev–Trinajstić information content (AvgIpc) is 3.31. The normalized spacial score (nSPS) is 14.1. The highest BCUT2D eigenvalue weighted by molar-refractivity contribution is 5.33. The first-order valence-electron chi connectivity index (χ1n) is 6.58. The molecular formula is C14H16N4O2. The standard InChI is InChI=1S/C14H16N4O2/c1-20-12-5-2-10(8-16-12)9-17-13-14(19)18(7-6-15-13)11-3-4-11/h2,5-8,11H,3-4,9H2,1H3,(H,15,17). The molecule has 0 atom stereocenters. The Morgan fingerprint density at radius 1 is 1.40 bits per heavy atom. The van der Waals surface area contributed by atoms with Crippen molar-refractivity contribution in [3.63, 3.8) is 0 Å². The largest absolute Gasteiger partial charge is 0.481 e. The molecule has 1 saturated carbocycles. The zero-order chi connectivity index (χ0) is 13.9. The van der Waals surface area contributed by atoms with Gasteiger partial charge >= 0.3 is 0 Å². The maximum absolute atomic E-state index is 12.2. The van der Waals surface area contributed by atoms with Crippen molar-refractivity contribution in [2.75, 3.05) is 12.4 Å². The van der Waals surface area contributed by atoms with Crippen LogP contribution in [-0.4, -0.2) is 21.6 Å². The monoisotopic (exact) mass is 272 g/mol. The van der Waals surface area contributed by atoms with Gasteiger partial charge in [0.2, 0.25) is 5.88 Å². The molecule has 0 amide bonds. The molecule has 0 unspecified atom stereocenters. The second-order valence-electron chi connectivity index (χ2n) is 4.78. The molecule has 0 saturated heterocycles. The van der Waals surface area contributed by atoms with Crippen molar-refractivity contribution in [3.8, 4) is 5.88 Å². The summed E-state index contributed by atoms with van der Waals surface area (Å²) in [6.45, 7) is 0.508. The molecule has 2 heterocycles. The second kappa shape index (κ2) is 5.32. The van der Waals surface area contributed by atoms with E-state index in [-0.39, 0.29) is 5.56 Å². The lowest BCUT2D eigenvalue weighted by Crippen LogP contribution is -2.23. The third kappa shape index (κ3) is 2.64. The SMILES string of the molecule is COc1ccc(CNc2nccn(C3CC3)c2=O)cn1. The minimum Gasteiger partial charge on any atom is -0.481 e. The van der Waals surface area contributed by atoms with Crippen LogP contribution in [0.5, 0.6) is 5.88 Å². The van der Waals surface area contributed by atoms with Gasteiger partial charge in [-0.05, 0) is 18.4 Å². The number of anilines is 1. The van der Waals surface area contributed by atoms with Crippen molar-refractivity contribution in [2.45, 2.75) is 25.4 Å². The molecule has 0 aliphatic heterocycles. The van der Waals surface area contributed by atoms with E-state index in [0.29, 0.717) is 24.3 Å². The van der Waals surface area contributed by atoms with Gasteiger partial charge in [-0.3, -0.25) is 4.79 Å². The Morgan fingerprint density at radius 2 is 2.25 bits per heavy atom. The summed E-state index contributed by atoms with van der Waals surface area (Å²) in [5, 5.41) is 3.06. The lowest BCUT2D eigenvalue weighted by molar-refractivity contribution is 0.397. The quantitative estimate of drug-likeness (QED) is 0.895. The smallest absolute Gasteiger partial charge is 0.293 e. The van der Waals surface area contributed by atoms with Crippen molar-refractivity contribution >= 4 is 5.82 Å². The number of nitrogens with zero attached hydrogens (tertiary/aromatic N) is 3. The lowest BCUT2D eigenvalue weighted by atomic mass is 10.3. The summed E-state index contributed by atoms with van der Waals surface area (Å²) in [5.74, 6) is 0.956. The highest BCUT2D eigenvalue weighted by atomic mass is 16.5. The first-order chi connectivity index (χ1) is 9.78. The molecule has 0 aromatic carbocycles. The first kappa shape index (κ1) is 12.7. The van der Waals surface area contributed by atoms with Crippen LogP contribution in [0.15, 0.2) is 35.5 Å². The van der Waals surface area contributed by atoms with Gasteiger partial charge < -0.3 is 14.6 Å². The predicted molar refractivity (Wildman–Crippen MR) is 74.9 cm³/mol. The van der Waals surface area contributed by atoms with Crippen molar-refractivity contribution in [3.05, 3.63) is 46.6 Å². The molecule has 0 bridgehead atoms. The van der Waals surface area contributed by atoms with Gasteiger partial charge in [-0.2, -0.15) is 0 Å². The number of ether oxygens (including phenoxy) is 1. The van der Waals surface area contributed by atoms with Crippen LogP contribution >= 0.6 is 0 Å². The van der Waals surface area contributed by atoms with Gasteiger partial charge in [0.25, 0.3) is 5.56 Å². The van der Waals surface area contributed by atoms with Crippen LogP contribution in [0.4, 0.5) is 5.82 Å². The fourth-order valence-electron chi connectivity index (χ4n) is 2.01. The Hall–Kier alpha value is -2.37. The summed E-state index contributed by atoms with van der Waals surface area (Å²) in [6.07, 6.45) is 7.28. The van der Waals surface area contributed by atoms with Gasteiger partial charge in [-0.15, -0.1) is 0 Å². The average molecular weight is 272 g/mol. The summed E-state index contributed by atoms with van der Waals surface area (Å²) in [4.78, 5) is 20.4. The molecule has 20 heavy (non-hydrogen) atoms. The van der Waals surface area contributed by atoms with Gasteiger partial charge in [0, 0.05) is 37.2 Å². The van der Waals surface area contributed by atoms with Crippen LogP contribution in [0.3, 0.4) is 0 Å². The zero-order valence-electron chi connectivity index (χ0n) is 11.2.